The van der Waals surface area contributed by atoms with E-state index in [-0.39, 0.29) is 16.8 Å². The number of ether oxygens (including phenoxy) is 1. The molecule has 2 heterocycles. The molecule has 1 aliphatic heterocycles. The smallest absolute Gasteiger partial charge is 0.199 e. The topological polar surface area (TPSA) is 14.2 Å². The lowest BCUT2D eigenvalue weighted by Gasteiger charge is -2.22. The van der Waals surface area contributed by atoms with Gasteiger partial charge < -0.3 is 9.30 Å². The fourth-order valence-corrected chi connectivity index (χ4v) is 2.58. The Kier molecular flexibility index (Phi) is 3.41. The summed E-state index contributed by atoms with van der Waals surface area (Å²) in [5.74, 6) is -6.11. The Morgan fingerprint density at radius 1 is 1.05 bits per heavy atom. The first-order valence-corrected chi connectivity index (χ1v) is 6.39. The first-order chi connectivity index (χ1) is 9.59. The summed E-state index contributed by atoms with van der Waals surface area (Å²) in [5, 5.41) is -0.353. The SMILES string of the molecule is Fc1c(F)c(F)c2c([c]cn2CC2CCOCC2)c1F. The van der Waals surface area contributed by atoms with Crippen molar-refractivity contribution in [2.24, 2.45) is 5.92 Å². The Hall–Kier alpha value is -1.56. The fraction of sp³-hybridized carbons (Fsp3) is 0.429. The van der Waals surface area contributed by atoms with Gasteiger partial charge >= 0.3 is 0 Å². The Balaban J connectivity index is 2.04. The first kappa shape index (κ1) is 13.4. The van der Waals surface area contributed by atoms with Gasteiger partial charge in [0.2, 0.25) is 0 Å². The second kappa shape index (κ2) is 5.09. The fourth-order valence-electron chi connectivity index (χ4n) is 2.58. The van der Waals surface area contributed by atoms with Crippen molar-refractivity contribution in [3.05, 3.63) is 35.5 Å². The molecule has 1 saturated heterocycles. The van der Waals surface area contributed by atoms with E-state index >= 15 is 0 Å². The molecule has 0 unspecified atom stereocenters. The number of rotatable bonds is 2. The molecule has 0 atom stereocenters. The predicted molar refractivity (Wildman–Crippen MR) is 64.1 cm³/mol. The van der Waals surface area contributed by atoms with Crippen LogP contribution in [0.3, 0.4) is 0 Å². The summed E-state index contributed by atoms with van der Waals surface area (Å²) >= 11 is 0. The molecule has 1 radical (unpaired) electrons. The van der Waals surface area contributed by atoms with Gasteiger partial charge in [0, 0.05) is 37.4 Å². The Labute approximate surface area is 112 Å². The molecule has 6 heteroatoms. The molecule has 0 saturated carbocycles. The molecule has 0 amide bonds. The first-order valence-electron chi connectivity index (χ1n) is 6.39. The maximum Gasteiger partial charge on any atom is 0.199 e. The molecule has 2 nitrogen and oxygen atoms in total. The van der Waals surface area contributed by atoms with Crippen LogP contribution in [0.5, 0.6) is 0 Å². The van der Waals surface area contributed by atoms with E-state index in [4.69, 9.17) is 4.74 Å². The lowest BCUT2D eigenvalue weighted by atomic mass is 10.0. The van der Waals surface area contributed by atoms with Crippen molar-refractivity contribution in [3.63, 3.8) is 0 Å². The molecular formula is C14H12F4NO. The van der Waals surface area contributed by atoms with Gasteiger partial charge in [0.1, 0.15) is 0 Å². The zero-order chi connectivity index (χ0) is 14.3. The van der Waals surface area contributed by atoms with Crippen LogP contribution in [0, 0.1) is 35.3 Å². The molecule has 0 aliphatic carbocycles. The van der Waals surface area contributed by atoms with Gasteiger partial charge in [0.15, 0.2) is 23.3 Å². The third-order valence-corrected chi connectivity index (χ3v) is 3.69. The van der Waals surface area contributed by atoms with E-state index in [0.29, 0.717) is 19.8 Å². The van der Waals surface area contributed by atoms with Crippen molar-refractivity contribution < 1.29 is 22.3 Å². The van der Waals surface area contributed by atoms with Crippen LogP contribution in [0.15, 0.2) is 6.20 Å². The Bertz CT molecular complexity index is 646. The molecule has 1 aliphatic rings. The average Bonchev–Trinajstić information content (AvgIpc) is 2.88. The molecule has 0 spiro atoms. The summed E-state index contributed by atoms with van der Waals surface area (Å²) in [4.78, 5) is 0. The van der Waals surface area contributed by atoms with Crippen molar-refractivity contribution in [2.75, 3.05) is 13.2 Å². The highest BCUT2D eigenvalue weighted by atomic mass is 19.2. The second-order valence-corrected chi connectivity index (χ2v) is 4.96. The summed E-state index contributed by atoms with van der Waals surface area (Å²) in [7, 11) is 0. The summed E-state index contributed by atoms with van der Waals surface area (Å²) in [6.45, 7) is 1.64. The van der Waals surface area contributed by atoms with Gasteiger partial charge in [0.05, 0.1) is 5.52 Å². The molecule has 20 heavy (non-hydrogen) atoms. The van der Waals surface area contributed by atoms with Crippen LogP contribution in [0.25, 0.3) is 10.9 Å². The maximum absolute atomic E-state index is 13.8. The number of halogens is 4. The van der Waals surface area contributed by atoms with Crippen LogP contribution < -0.4 is 0 Å². The minimum absolute atomic E-state index is 0.239. The number of benzene rings is 1. The van der Waals surface area contributed by atoms with E-state index in [2.05, 4.69) is 6.07 Å². The van der Waals surface area contributed by atoms with Crippen LogP contribution in [0.1, 0.15) is 12.8 Å². The Morgan fingerprint density at radius 2 is 1.70 bits per heavy atom. The van der Waals surface area contributed by atoms with Crippen LogP contribution >= 0.6 is 0 Å². The number of hydrogen-bond acceptors (Lipinski definition) is 1. The van der Waals surface area contributed by atoms with E-state index in [1.165, 1.54) is 10.8 Å². The number of nitrogens with zero attached hydrogens (tertiary/aromatic N) is 1. The summed E-state index contributed by atoms with van der Waals surface area (Å²) in [6.07, 6.45) is 2.94. The Morgan fingerprint density at radius 3 is 2.40 bits per heavy atom. The van der Waals surface area contributed by atoms with Crippen molar-refractivity contribution >= 4 is 10.9 Å². The largest absolute Gasteiger partial charge is 0.381 e. The molecule has 107 valence electrons. The van der Waals surface area contributed by atoms with Gasteiger partial charge in [-0.3, -0.25) is 0 Å². The van der Waals surface area contributed by atoms with Gasteiger partial charge in [-0.1, -0.05) is 0 Å². The van der Waals surface area contributed by atoms with E-state index < -0.39 is 23.3 Å². The summed E-state index contributed by atoms with van der Waals surface area (Å²) < 4.78 is 60.5. The third kappa shape index (κ3) is 2.08. The van der Waals surface area contributed by atoms with E-state index in [0.717, 1.165) is 12.8 Å². The predicted octanol–water partition coefficient (Wildman–Crippen LogP) is 3.42. The van der Waals surface area contributed by atoms with Crippen molar-refractivity contribution in [1.29, 1.82) is 0 Å². The molecule has 0 N–H and O–H groups in total. The van der Waals surface area contributed by atoms with Crippen LogP contribution in [0.4, 0.5) is 17.6 Å². The quantitative estimate of drug-likeness (QED) is 0.469. The van der Waals surface area contributed by atoms with Gasteiger partial charge in [-0.15, -0.1) is 0 Å². The average molecular weight is 286 g/mol. The van der Waals surface area contributed by atoms with Gasteiger partial charge in [-0.25, -0.2) is 17.6 Å². The number of fused-ring (bicyclic) bond motifs is 1. The summed E-state index contributed by atoms with van der Waals surface area (Å²) in [5.41, 5.74) is -0.270. The van der Waals surface area contributed by atoms with Crippen molar-refractivity contribution in [3.8, 4) is 0 Å². The zero-order valence-electron chi connectivity index (χ0n) is 10.6. The molecule has 2 aromatic rings. The standard InChI is InChI=1S/C14H12F4NO/c15-10-9-1-4-19(7-8-2-5-20-6-3-8)14(9)13(18)12(17)11(10)16/h4,8H,2-3,5-7H2. The normalized spacial score (nSPS) is 17.0. The number of aromatic nitrogens is 1. The lowest BCUT2D eigenvalue weighted by molar-refractivity contribution is 0.0616. The van der Waals surface area contributed by atoms with Gasteiger partial charge in [-0.05, 0) is 18.8 Å². The highest BCUT2D eigenvalue weighted by molar-refractivity contribution is 5.81. The van der Waals surface area contributed by atoms with E-state index in [1.807, 2.05) is 0 Å². The summed E-state index contributed by atoms with van der Waals surface area (Å²) in [6, 6.07) is 2.46. The lowest BCUT2D eigenvalue weighted by Crippen LogP contribution is -2.20. The van der Waals surface area contributed by atoms with Crippen LogP contribution in [0.2, 0.25) is 0 Å². The number of hydrogen-bond donors (Lipinski definition) is 0. The highest BCUT2D eigenvalue weighted by Gasteiger charge is 2.24. The minimum atomic E-state index is -1.80. The van der Waals surface area contributed by atoms with Crippen LogP contribution in [-0.4, -0.2) is 17.8 Å². The maximum atomic E-state index is 13.8. The van der Waals surface area contributed by atoms with E-state index in [9.17, 15) is 17.6 Å². The molecule has 1 aromatic carbocycles. The highest BCUT2D eigenvalue weighted by Crippen LogP contribution is 2.29. The third-order valence-electron chi connectivity index (χ3n) is 3.69. The molecular weight excluding hydrogens is 274 g/mol. The molecule has 3 rings (SSSR count). The molecule has 1 fully saturated rings. The van der Waals surface area contributed by atoms with Crippen molar-refractivity contribution in [2.45, 2.75) is 19.4 Å². The second-order valence-electron chi connectivity index (χ2n) is 4.96. The van der Waals surface area contributed by atoms with Gasteiger partial charge in [-0.2, -0.15) is 0 Å². The zero-order valence-corrected chi connectivity index (χ0v) is 10.6. The van der Waals surface area contributed by atoms with Crippen molar-refractivity contribution in [1.82, 2.24) is 4.57 Å². The minimum Gasteiger partial charge on any atom is -0.381 e. The van der Waals surface area contributed by atoms with Crippen LogP contribution in [-0.2, 0) is 11.3 Å². The monoisotopic (exact) mass is 286 g/mol. The van der Waals surface area contributed by atoms with E-state index in [1.54, 1.807) is 0 Å². The molecule has 1 aromatic heterocycles. The van der Waals surface area contributed by atoms with Gasteiger partial charge in [0.25, 0.3) is 0 Å². The molecule has 0 bridgehead atoms.